The van der Waals surface area contributed by atoms with Crippen LogP contribution in [0.2, 0.25) is 0 Å². The van der Waals surface area contributed by atoms with Crippen LogP contribution in [0.25, 0.3) is 21.2 Å². The molecule has 1 aromatic carbocycles. The lowest BCUT2D eigenvalue weighted by molar-refractivity contribution is 0.112. The molecule has 0 spiro atoms. The highest BCUT2D eigenvalue weighted by Gasteiger charge is 2.08. The molecule has 3 aromatic rings. The second-order valence-electron chi connectivity index (χ2n) is 3.73. The lowest BCUT2D eigenvalue weighted by Crippen LogP contribution is -1.88. The number of pyridine rings is 1. The standard InChI is InChI=1S/C14H9NOS/c16-9-11-8-15-6-4-12(11)13-3-1-2-10-5-7-17-14(10)13/h1-9H. The number of rotatable bonds is 2. The second kappa shape index (κ2) is 4.11. The van der Waals surface area contributed by atoms with Gasteiger partial charge in [-0.1, -0.05) is 18.2 Å². The van der Waals surface area contributed by atoms with Gasteiger partial charge in [-0.15, -0.1) is 11.3 Å². The van der Waals surface area contributed by atoms with Crippen molar-refractivity contribution in [3.05, 3.63) is 53.7 Å². The zero-order valence-electron chi connectivity index (χ0n) is 8.96. The van der Waals surface area contributed by atoms with Crippen molar-refractivity contribution in [3.63, 3.8) is 0 Å². The predicted molar refractivity (Wildman–Crippen MR) is 70.4 cm³/mol. The summed E-state index contributed by atoms with van der Waals surface area (Å²) in [7, 11) is 0. The van der Waals surface area contributed by atoms with Crippen LogP contribution >= 0.6 is 11.3 Å². The van der Waals surface area contributed by atoms with Gasteiger partial charge >= 0.3 is 0 Å². The first-order chi connectivity index (χ1) is 8.40. The van der Waals surface area contributed by atoms with E-state index in [2.05, 4.69) is 22.5 Å². The first-order valence-electron chi connectivity index (χ1n) is 5.26. The molecule has 0 bridgehead atoms. The number of carbonyl (C=O) groups is 1. The van der Waals surface area contributed by atoms with E-state index < -0.39 is 0 Å². The van der Waals surface area contributed by atoms with Gasteiger partial charge in [0.05, 0.1) is 0 Å². The third kappa shape index (κ3) is 1.65. The molecule has 0 aliphatic heterocycles. The second-order valence-corrected chi connectivity index (χ2v) is 4.64. The van der Waals surface area contributed by atoms with Gasteiger partial charge in [-0.05, 0) is 28.5 Å². The van der Waals surface area contributed by atoms with Crippen molar-refractivity contribution in [1.29, 1.82) is 0 Å². The van der Waals surface area contributed by atoms with Gasteiger partial charge in [0.1, 0.15) is 0 Å². The summed E-state index contributed by atoms with van der Waals surface area (Å²) < 4.78 is 1.21. The molecule has 0 amide bonds. The maximum Gasteiger partial charge on any atom is 0.152 e. The molecule has 0 saturated heterocycles. The lowest BCUT2D eigenvalue weighted by atomic mass is 10.0. The Kier molecular flexibility index (Phi) is 2.46. The Morgan fingerprint density at radius 3 is 2.94 bits per heavy atom. The highest BCUT2D eigenvalue weighted by atomic mass is 32.1. The number of nitrogens with zero attached hydrogens (tertiary/aromatic N) is 1. The van der Waals surface area contributed by atoms with Crippen molar-refractivity contribution in [2.45, 2.75) is 0 Å². The van der Waals surface area contributed by atoms with Crippen molar-refractivity contribution < 1.29 is 4.79 Å². The predicted octanol–water partition coefficient (Wildman–Crippen LogP) is 3.78. The highest BCUT2D eigenvalue weighted by Crippen LogP contribution is 2.33. The zero-order chi connectivity index (χ0) is 11.7. The molecule has 0 aliphatic rings. The van der Waals surface area contributed by atoms with E-state index in [1.165, 1.54) is 10.1 Å². The summed E-state index contributed by atoms with van der Waals surface area (Å²) in [6, 6.07) is 10.1. The Bertz CT molecular complexity index is 687. The molecule has 0 N–H and O–H groups in total. The number of carbonyl (C=O) groups excluding carboxylic acids is 1. The van der Waals surface area contributed by atoms with Gasteiger partial charge < -0.3 is 0 Å². The minimum Gasteiger partial charge on any atom is -0.298 e. The Balaban J connectivity index is 2.34. The maximum atomic E-state index is 11.0. The molecule has 3 heteroatoms. The quantitative estimate of drug-likeness (QED) is 0.637. The topological polar surface area (TPSA) is 30.0 Å². The van der Waals surface area contributed by atoms with Crippen LogP contribution in [0.15, 0.2) is 48.1 Å². The van der Waals surface area contributed by atoms with Gasteiger partial charge in [-0.3, -0.25) is 9.78 Å². The molecule has 17 heavy (non-hydrogen) atoms. The molecule has 0 aliphatic carbocycles. The number of fused-ring (bicyclic) bond motifs is 1. The third-order valence-electron chi connectivity index (χ3n) is 2.75. The van der Waals surface area contributed by atoms with Crippen LogP contribution in [0.1, 0.15) is 10.4 Å². The summed E-state index contributed by atoms with van der Waals surface area (Å²) in [6.07, 6.45) is 4.18. The molecule has 0 atom stereocenters. The van der Waals surface area contributed by atoms with Crippen molar-refractivity contribution >= 4 is 27.7 Å². The van der Waals surface area contributed by atoms with E-state index in [9.17, 15) is 4.79 Å². The molecule has 0 saturated carbocycles. The molecule has 2 aromatic heterocycles. The molecular formula is C14H9NOS. The molecule has 2 nitrogen and oxygen atoms in total. The lowest BCUT2D eigenvalue weighted by Gasteiger charge is -2.05. The minimum absolute atomic E-state index is 0.633. The average molecular weight is 239 g/mol. The van der Waals surface area contributed by atoms with Crippen molar-refractivity contribution in [2.75, 3.05) is 0 Å². The summed E-state index contributed by atoms with van der Waals surface area (Å²) in [5.41, 5.74) is 2.68. The smallest absolute Gasteiger partial charge is 0.152 e. The highest BCUT2D eigenvalue weighted by molar-refractivity contribution is 7.17. The number of aromatic nitrogens is 1. The Labute approximate surface area is 103 Å². The first-order valence-corrected chi connectivity index (χ1v) is 6.14. The summed E-state index contributed by atoms with van der Waals surface area (Å²) in [4.78, 5) is 15.0. The largest absolute Gasteiger partial charge is 0.298 e. The zero-order valence-corrected chi connectivity index (χ0v) is 9.78. The monoisotopic (exact) mass is 239 g/mol. The fourth-order valence-electron chi connectivity index (χ4n) is 1.95. The van der Waals surface area contributed by atoms with Gasteiger partial charge in [0, 0.05) is 28.2 Å². The van der Waals surface area contributed by atoms with E-state index in [0.717, 1.165) is 17.4 Å². The third-order valence-corrected chi connectivity index (χ3v) is 3.71. The fourth-order valence-corrected chi connectivity index (χ4v) is 2.88. The number of hydrogen-bond donors (Lipinski definition) is 0. The molecule has 82 valence electrons. The van der Waals surface area contributed by atoms with Crippen LogP contribution in [-0.4, -0.2) is 11.3 Å². The van der Waals surface area contributed by atoms with E-state index in [0.29, 0.717) is 5.56 Å². The van der Waals surface area contributed by atoms with Crippen LogP contribution in [0.5, 0.6) is 0 Å². The SMILES string of the molecule is O=Cc1cnccc1-c1cccc2ccsc12. The molecule has 0 radical (unpaired) electrons. The Morgan fingerprint density at radius 1 is 1.12 bits per heavy atom. The number of thiophene rings is 1. The van der Waals surface area contributed by atoms with E-state index in [1.54, 1.807) is 23.7 Å². The molecular weight excluding hydrogens is 230 g/mol. The van der Waals surface area contributed by atoms with Gasteiger partial charge in [0.25, 0.3) is 0 Å². The average Bonchev–Trinajstić information content (AvgIpc) is 2.86. The normalized spacial score (nSPS) is 10.6. The summed E-state index contributed by atoms with van der Waals surface area (Å²) in [5.74, 6) is 0. The number of hydrogen-bond acceptors (Lipinski definition) is 3. The maximum absolute atomic E-state index is 11.0. The molecule has 3 rings (SSSR count). The first kappa shape index (κ1) is 10.2. The molecule has 0 fully saturated rings. The summed E-state index contributed by atoms with van der Waals surface area (Å²) in [6.45, 7) is 0. The van der Waals surface area contributed by atoms with E-state index >= 15 is 0 Å². The number of benzene rings is 1. The van der Waals surface area contributed by atoms with Crippen LogP contribution in [0.4, 0.5) is 0 Å². The van der Waals surface area contributed by atoms with Gasteiger partial charge in [-0.25, -0.2) is 0 Å². The van der Waals surface area contributed by atoms with Gasteiger partial charge in [0.2, 0.25) is 0 Å². The number of aldehydes is 1. The Morgan fingerprint density at radius 2 is 2.06 bits per heavy atom. The van der Waals surface area contributed by atoms with Crippen molar-refractivity contribution in [1.82, 2.24) is 4.98 Å². The summed E-state index contributed by atoms with van der Waals surface area (Å²) in [5, 5.41) is 3.27. The van der Waals surface area contributed by atoms with Crippen LogP contribution < -0.4 is 0 Å². The van der Waals surface area contributed by atoms with Crippen LogP contribution in [-0.2, 0) is 0 Å². The van der Waals surface area contributed by atoms with Crippen molar-refractivity contribution in [2.24, 2.45) is 0 Å². The van der Waals surface area contributed by atoms with Crippen LogP contribution in [0, 0.1) is 0 Å². The van der Waals surface area contributed by atoms with Crippen LogP contribution in [0.3, 0.4) is 0 Å². The van der Waals surface area contributed by atoms with Gasteiger partial charge in [0.15, 0.2) is 6.29 Å². The van der Waals surface area contributed by atoms with Gasteiger partial charge in [-0.2, -0.15) is 0 Å². The van der Waals surface area contributed by atoms with E-state index in [1.807, 2.05) is 18.2 Å². The van der Waals surface area contributed by atoms with Crippen molar-refractivity contribution in [3.8, 4) is 11.1 Å². The van der Waals surface area contributed by atoms with E-state index in [-0.39, 0.29) is 0 Å². The molecule has 0 unspecified atom stereocenters. The molecule has 2 heterocycles. The summed E-state index contributed by atoms with van der Waals surface area (Å²) >= 11 is 1.69. The van der Waals surface area contributed by atoms with E-state index in [4.69, 9.17) is 0 Å². The minimum atomic E-state index is 0.633. The fraction of sp³-hybridized carbons (Fsp3) is 0. The Hall–Kier alpha value is -2.00.